The first-order valence-electron chi connectivity index (χ1n) is 8.46. The van der Waals surface area contributed by atoms with Crippen molar-refractivity contribution in [2.45, 2.75) is 51.1 Å². The molecule has 116 valence electrons. The zero-order valence-corrected chi connectivity index (χ0v) is 13.2. The Bertz CT molecular complexity index is 476. The maximum atomic E-state index is 6.32. The molecular formula is C18H28N2O. The van der Waals surface area contributed by atoms with Gasteiger partial charge in [-0.3, -0.25) is 4.90 Å². The van der Waals surface area contributed by atoms with Gasteiger partial charge in [-0.1, -0.05) is 44.4 Å². The lowest BCUT2D eigenvalue weighted by atomic mass is 9.70. The van der Waals surface area contributed by atoms with Crippen molar-refractivity contribution < 1.29 is 4.74 Å². The molecule has 1 saturated carbocycles. The molecule has 1 aromatic rings. The lowest BCUT2D eigenvalue weighted by Gasteiger charge is -2.50. The van der Waals surface area contributed by atoms with Crippen molar-refractivity contribution >= 4 is 0 Å². The molecule has 0 amide bonds. The van der Waals surface area contributed by atoms with E-state index in [2.05, 4.69) is 36.1 Å². The van der Waals surface area contributed by atoms with Gasteiger partial charge in [0.05, 0.1) is 0 Å². The summed E-state index contributed by atoms with van der Waals surface area (Å²) in [7, 11) is 0. The molecule has 3 rings (SSSR count). The van der Waals surface area contributed by atoms with Crippen LogP contribution in [0.2, 0.25) is 0 Å². The third kappa shape index (κ3) is 2.69. The molecule has 2 unspecified atom stereocenters. The average Bonchev–Trinajstić information content (AvgIpc) is 2.77. The molecule has 2 atom stereocenters. The Labute approximate surface area is 128 Å². The van der Waals surface area contributed by atoms with E-state index in [0.717, 1.165) is 37.9 Å². The second-order valence-corrected chi connectivity index (χ2v) is 6.54. The van der Waals surface area contributed by atoms with Gasteiger partial charge in [-0.25, -0.2) is 0 Å². The second kappa shape index (κ2) is 6.37. The molecule has 21 heavy (non-hydrogen) atoms. The summed E-state index contributed by atoms with van der Waals surface area (Å²) in [6.45, 7) is 5.83. The summed E-state index contributed by atoms with van der Waals surface area (Å²) in [5.41, 5.74) is 7.81. The Balaban J connectivity index is 1.90. The fourth-order valence-corrected chi connectivity index (χ4v) is 4.40. The second-order valence-electron chi connectivity index (χ2n) is 6.54. The lowest BCUT2D eigenvalue weighted by molar-refractivity contribution is -0.00464. The maximum absolute atomic E-state index is 6.32. The summed E-state index contributed by atoms with van der Waals surface area (Å²) in [4.78, 5) is 2.63. The standard InChI is InChI=1S/C18H28N2O/c1-2-16-8-5-6-10-18(16,14-19)20-11-12-21-17-9-4-3-7-15(17)13-20/h3-4,7,9,16H,2,5-6,8,10-14,19H2,1H3. The maximum Gasteiger partial charge on any atom is 0.123 e. The predicted octanol–water partition coefficient (Wildman–Crippen LogP) is 3.18. The fourth-order valence-electron chi connectivity index (χ4n) is 4.40. The lowest BCUT2D eigenvalue weighted by Crippen LogP contribution is -2.60. The number of nitrogens with two attached hydrogens (primary N) is 1. The topological polar surface area (TPSA) is 38.5 Å². The quantitative estimate of drug-likeness (QED) is 0.928. The Morgan fingerprint density at radius 3 is 3.00 bits per heavy atom. The number of rotatable bonds is 3. The van der Waals surface area contributed by atoms with Gasteiger partial charge >= 0.3 is 0 Å². The molecule has 1 fully saturated rings. The van der Waals surface area contributed by atoms with Gasteiger partial charge in [-0.2, -0.15) is 0 Å². The van der Waals surface area contributed by atoms with E-state index in [9.17, 15) is 0 Å². The largest absolute Gasteiger partial charge is 0.492 e. The van der Waals surface area contributed by atoms with Crippen molar-refractivity contribution in [2.24, 2.45) is 11.7 Å². The molecule has 1 aliphatic carbocycles. The highest BCUT2D eigenvalue weighted by Gasteiger charge is 2.43. The molecule has 0 bridgehead atoms. The van der Waals surface area contributed by atoms with Crippen LogP contribution in [0.25, 0.3) is 0 Å². The summed E-state index contributed by atoms with van der Waals surface area (Å²) >= 11 is 0. The van der Waals surface area contributed by atoms with Crippen LogP contribution in [0, 0.1) is 5.92 Å². The van der Waals surface area contributed by atoms with Crippen LogP contribution in [0.4, 0.5) is 0 Å². The van der Waals surface area contributed by atoms with Gasteiger partial charge in [0.25, 0.3) is 0 Å². The van der Waals surface area contributed by atoms with E-state index >= 15 is 0 Å². The first-order chi connectivity index (χ1) is 10.3. The number of para-hydroxylation sites is 1. The third-order valence-electron chi connectivity index (χ3n) is 5.60. The van der Waals surface area contributed by atoms with E-state index in [-0.39, 0.29) is 5.54 Å². The zero-order chi connectivity index (χ0) is 14.7. The smallest absolute Gasteiger partial charge is 0.123 e. The third-order valence-corrected chi connectivity index (χ3v) is 5.60. The molecule has 0 spiro atoms. The van der Waals surface area contributed by atoms with Crippen LogP contribution < -0.4 is 10.5 Å². The molecule has 0 saturated heterocycles. The van der Waals surface area contributed by atoms with E-state index in [4.69, 9.17) is 10.5 Å². The Morgan fingerprint density at radius 2 is 2.19 bits per heavy atom. The van der Waals surface area contributed by atoms with Crippen LogP contribution in [0.1, 0.15) is 44.6 Å². The molecule has 1 heterocycles. The summed E-state index contributed by atoms with van der Waals surface area (Å²) in [6.07, 6.45) is 6.47. The van der Waals surface area contributed by atoms with Crippen molar-refractivity contribution in [2.75, 3.05) is 19.7 Å². The van der Waals surface area contributed by atoms with E-state index in [1.54, 1.807) is 0 Å². The number of hydrogen-bond donors (Lipinski definition) is 1. The summed E-state index contributed by atoms with van der Waals surface area (Å²) in [6, 6.07) is 8.45. The number of benzene rings is 1. The SMILES string of the molecule is CCC1CCCCC1(CN)N1CCOc2ccccc2C1. The van der Waals surface area contributed by atoms with Crippen LogP contribution in [-0.4, -0.2) is 30.1 Å². The highest BCUT2D eigenvalue weighted by molar-refractivity contribution is 5.34. The number of ether oxygens (including phenoxy) is 1. The Hall–Kier alpha value is -1.06. The van der Waals surface area contributed by atoms with Gasteiger partial charge in [0, 0.05) is 30.7 Å². The van der Waals surface area contributed by atoms with Crippen LogP contribution in [0.3, 0.4) is 0 Å². The zero-order valence-electron chi connectivity index (χ0n) is 13.2. The minimum atomic E-state index is 0.174. The monoisotopic (exact) mass is 288 g/mol. The van der Waals surface area contributed by atoms with Gasteiger partial charge in [0.15, 0.2) is 0 Å². The van der Waals surface area contributed by atoms with Crippen molar-refractivity contribution in [1.29, 1.82) is 0 Å². The average molecular weight is 288 g/mol. The molecule has 3 heteroatoms. The molecular weight excluding hydrogens is 260 g/mol. The number of fused-ring (bicyclic) bond motifs is 1. The first kappa shape index (κ1) is 14.9. The van der Waals surface area contributed by atoms with Crippen molar-refractivity contribution in [3.63, 3.8) is 0 Å². The van der Waals surface area contributed by atoms with Crippen molar-refractivity contribution in [3.8, 4) is 5.75 Å². The van der Waals surface area contributed by atoms with Gasteiger partial charge in [-0.05, 0) is 24.8 Å². The minimum absolute atomic E-state index is 0.174. The van der Waals surface area contributed by atoms with Gasteiger partial charge in [0.1, 0.15) is 12.4 Å². The molecule has 1 aromatic carbocycles. The molecule has 2 aliphatic rings. The molecule has 3 nitrogen and oxygen atoms in total. The summed E-state index contributed by atoms with van der Waals surface area (Å²) < 4.78 is 5.95. The Morgan fingerprint density at radius 1 is 1.33 bits per heavy atom. The van der Waals surface area contributed by atoms with E-state index in [0.29, 0.717) is 0 Å². The molecule has 0 aromatic heterocycles. The van der Waals surface area contributed by atoms with E-state index in [1.807, 2.05) is 0 Å². The normalized spacial score (nSPS) is 30.3. The van der Waals surface area contributed by atoms with Crippen LogP contribution in [0.5, 0.6) is 5.75 Å². The molecule has 2 N–H and O–H groups in total. The summed E-state index contributed by atoms with van der Waals surface area (Å²) in [5.74, 6) is 1.78. The van der Waals surface area contributed by atoms with Crippen molar-refractivity contribution in [1.82, 2.24) is 4.90 Å². The van der Waals surface area contributed by atoms with Gasteiger partial charge in [0.2, 0.25) is 0 Å². The molecule has 1 aliphatic heterocycles. The predicted molar refractivity (Wildman–Crippen MR) is 86.4 cm³/mol. The van der Waals surface area contributed by atoms with Gasteiger partial charge < -0.3 is 10.5 Å². The van der Waals surface area contributed by atoms with Crippen LogP contribution in [-0.2, 0) is 6.54 Å². The van der Waals surface area contributed by atoms with E-state index in [1.165, 1.54) is 37.7 Å². The number of hydrogen-bond acceptors (Lipinski definition) is 3. The molecule has 0 radical (unpaired) electrons. The minimum Gasteiger partial charge on any atom is -0.492 e. The highest BCUT2D eigenvalue weighted by atomic mass is 16.5. The van der Waals surface area contributed by atoms with Crippen LogP contribution >= 0.6 is 0 Å². The summed E-state index contributed by atoms with van der Waals surface area (Å²) in [5, 5.41) is 0. The Kier molecular flexibility index (Phi) is 4.51. The fraction of sp³-hybridized carbons (Fsp3) is 0.667. The van der Waals surface area contributed by atoms with Gasteiger partial charge in [-0.15, -0.1) is 0 Å². The van der Waals surface area contributed by atoms with Crippen LogP contribution in [0.15, 0.2) is 24.3 Å². The highest BCUT2D eigenvalue weighted by Crippen LogP contribution is 2.41. The van der Waals surface area contributed by atoms with E-state index < -0.39 is 0 Å². The number of nitrogens with zero attached hydrogens (tertiary/aromatic N) is 1. The van der Waals surface area contributed by atoms with Crippen molar-refractivity contribution in [3.05, 3.63) is 29.8 Å². The first-order valence-corrected chi connectivity index (χ1v) is 8.46.